The second-order valence-electron chi connectivity index (χ2n) is 8.33. The molecule has 27 heavy (non-hydrogen) atoms. The lowest BCUT2D eigenvalue weighted by molar-refractivity contribution is -0.122. The SMILES string of the molecule is O[C@]1(c2ccccc2)CCN(Cc2c[nH]c3ccccc23)[C@@H]2CCCC[C@@H]21. The summed E-state index contributed by atoms with van der Waals surface area (Å²) in [4.78, 5) is 6.05. The first-order valence-corrected chi connectivity index (χ1v) is 10.3. The van der Waals surface area contributed by atoms with E-state index in [2.05, 4.69) is 64.6 Å². The molecule has 1 aromatic heterocycles. The average molecular weight is 361 g/mol. The van der Waals surface area contributed by atoms with Crippen LogP contribution in [0.15, 0.2) is 60.8 Å². The summed E-state index contributed by atoms with van der Waals surface area (Å²) in [7, 11) is 0. The number of nitrogens with one attached hydrogen (secondary N) is 1. The summed E-state index contributed by atoms with van der Waals surface area (Å²) in [5.74, 6) is 0.326. The number of hydrogen-bond donors (Lipinski definition) is 2. The zero-order chi connectivity index (χ0) is 18.3. The fourth-order valence-corrected chi connectivity index (χ4v) is 5.53. The summed E-state index contributed by atoms with van der Waals surface area (Å²) in [6.45, 7) is 1.92. The van der Waals surface area contributed by atoms with Gasteiger partial charge < -0.3 is 10.1 Å². The highest BCUT2D eigenvalue weighted by Crippen LogP contribution is 2.47. The Morgan fingerprint density at radius 3 is 2.67 bits per heavy atom. The van der Waals surface area contributed by atoms with Crippen molar-refractivity contribution >= 4 is 10.9 Å². The summed E-state index contributed by atoms with van der Waals surface area (Å²) in [5.41, 5.74) is 3.02. The summed E-state index contributed by atoms with van der Waals surface area (Å²) in [5, 5.41) is 13.0. The van der Waals surface area contributed by atoms with E-state index in [4.69, 9.17) is 0 Å². The van der Waals surface area contributed by atoms with Crippen LogP contribution in [0.3, 0.4) is 0 Å². The van der Waals surface area contributed by atoms with Crippen molar-refractivity contribution in [2.75, 3.05) is 6.54 Å². The summed E-state index contributed by atoms with van der Waals surface area (Å²) >= 11 is 0. The molecule has 1 aliphatic carbocycles. The molecule has 3 atom stereocenters. The maximum Gasteiger partial charge on any atom is 0.0951 e. The minimum absolute atomic E-state index is 0.326. The summed E-state index contributed by atoms with van der Waals surface area (Å²) in [6, 6.07) is 19.4. The van der Waals surface area contributed by atoms with E-state index in [0.29, 0.717) is 12.0 Å². The van der Waals surface area contributed by atoms with Crippen LogP contribution in [-0.4, -0.2) is 27.6 Å². The van der Waals surface area contributed by atoms with Gasteiger partial charge in [0.1, 0.15) is 0 Å². The lowest BCUT2D eigenvalue weighted by Gasteiger charge is -2.52. The third kappa shape index (κ3) is 2.90. The molecule has 140 valence electrons. The van der Waals surface area contributed by atoms with E-state index < -0.39 is 5.60 Å². The first kappa shape index (κ1) is 17.0. The molecule has 2 N–H and O–H groups in total. The number of H-pyrrole nitrogens is 1. The van der Waals surface area contributed by atoms with Crippen LogP contribution < -0.4 is 0 Å². The van der Waals surface area contributed by atoms with Crippen molar-refractivity contribution in [2.45, 2.75) is 50.3 Å². The maximum absolute atomic E-state index is 11.7. The maximum atomic E-state index is 11.7. The highest BCUT2D eigenvalue weighted by atomic mass is 16.3. The van der Waals surface area contributed by atoms with Gasteiger partial charge in [0, 0.05) is 42.1 Å². The minimum atomic E-state index is -0.678. The molecule has 1 aliphatic heterocycles. The van der Waals surface area contributed by atoms with Gasteiger partial charge in [-0.1, -0.05) is 61.4 Å². The molecule has 2 fully saturated rings. The Labute approximate surface area is 161 Å². The number of hydrogen-bond acceptors (Lipinski definition) is 2. The number of likely N-dealkylation sites (tertiary alicyclic amines) is 1. The summed E-state index contributed by atoms with van der Waals surface area (Å²) in [6.07, 6.45) is 7.82. The number of aromatic amines is 1. The first-order valence-electron chi connectivity index (χ1n) is 10.3. The largest absolute Gasteiger partial charge is 0.385 e. The van der Waals surface area contributed by atoms with Crippen molar-refractivity contribution in [3.05, 3.63) is 71.9 Å². The van der Waals surface area contributed by atoms with E-state index in [1.54, 1.807) is 0 Å². The second kappa shape index (κ2) is 6.81. The number of para-hydroxylation sites is 1. The molecule has 0 amide bonds. The Kier molecular flexibility index (Phi) is 4.30. The fourth-order valence-electron chi connectivity index (χ4n) is 5.53. The number of benzene rings is 2. The van der Waals surface area contributed by atoms with Gasteiger partial charge in [0.15, 0.2) is 0 Å². The highest BCUT2D eigenvalue weighted by Gasteiger charge is 2.48. The quantitative estimate of drug-likeness (QED) is 0.703. The van der Waals surface area contributed by atoms with Gasteiger partial charge >= 0.3 is 0 Å². The Balaban J connectivity index is 1.45. The van der Waals surface area contributed by atoms with Gasteiger partial charge in [0.2, 0.25) is 0 Å². The molecular formula is C24H28N2O. The molecule has 0 spiro atoms. The van der Waals surface area contributed by atoms with Crippen LogP contribution in [0.25, 0.3) is 10.9 Å². The third-order valence-corrected chi connectivity index (χ3v) is 6.91. The molecule has 1 saturated carbocycles. The van der Waals surface area contributed by atoms with Gasteiger partial charge in [0.05, 0.1) is 5.60 Å². The van der Waals surface area contributed by atoms with Gasteiger partial charge in [-0.3, -0.25) is 4.90 Å². The Morgan fingerprint density at radius 1 is 1.00 bits per heavy atom. The number of aromatic nitrogens is 1. The van der Waals surface area contributed by atoms with Gasteiger partial charge in [-0.2, -0.15) is 0 Å². The lowest BCUT2D eigenvalue weighted by atomic mass is 9.66. The zero-order valence-electron chi connectivity index (χ0n) is 15.8. The fraction of sp³-hybridized carbons (Fsp3) is 0.417. The zero-order valence-corrected chi connectivity index (χ0v) is 15.8. The van der Waals surface area contributed by atoms with E-state index in [1.165, 1.54) is 35.7 Å². The van der Waals surface area contributed by atoms with Crippen LogP contribution in [-0.2, 0) is 12.1 Å². The van der Waals surface area contributed by atoms with E-state index >= 15 is 0 Å². The molecule has 3 nitrogen and oxygen atoms in total. The highest BCUT2D eigenvalue weighted by molar-refractivity contribution is 5.82. The van der Waals surface area contributed by atoms with Crippen molar-refractivity contribution in [3.63, 3.8) is 0 Å². The molecule has 5 rings (SSSR count). The smallest absolute Gasteiger partial charge is 0.0951 e. The topological polar surface area (TPSA) is 39.3 Å². The second-order valence-corrected chi connectivity index (χ2v) is 8.33. The van der Waals surface area contributed by atoms with Crippen molar-refractivity contribution in [3.8, 4) is 0 Å². The molecule has 2 aromatic carbocycles. The van der Waals surface area contributed by atoms with Gasteiger partial charge in [-0.05, 0) is 36.5 Å². The number of nitrogens with zero attached hydrogens (tertiary/aromatic N) is 1. The van der Waals surface area contributed by atoms with Crippen molar-refractivity contribution in [2.24, 2.45) is 5.92 Å². The predicted molar refractivity (Wildman–Crippen MR) is 109 cm³/mol. The minimum Gasteiger partial charge on any atom is -0.385 e. The van der Waals surface area contributed by atoms with Crippen LogP contribution in [0.2, 0.25) is 0 Å². The monoisotopic (exact) mass is 360 g/mol. The summed E-state index contributed by atoms with van der Waals surface area (Å²) < 4.78 is 0. The van der Waals surface area contributed by atoms with Crippen molar-refractivity contribution < 1.29 is 5.11 Å². The van der Waals surface area contributed by atoms with Gasteiger partial charge in [-0.15, -0.1) is 0 Å². The van der Waals surface area contributed by atoms with E-state index in [1.807, 2.05) is 6.07 Å². The molecule has 0 radical (unpaired) electrons. The standard InChI is InChI=1S/C24H28N2O/c27-24(19-8-2-1-3-9-19)14-15-26(23-13-7-5-11-21(23)24)17-18-16-25-22-12-6-4-10-20(18)22/h1-4,6,8-10,12,16,21,23,25,27H,5,7,11,13-15,17H2/t21-,23+,24-/m0/s1. The van der Waals surface area contributed by atoms with Crippen LogP contribution in [0, 0.1) is 5.92 Å². The van der Waals surface area contributed by atoms with Crippen LogP contribution in [0.4, 0.5) is 0 Å². The molecule has 1 saturated heterocycles. The number of piperidine rings is 1. The third-order valence-electron chi connectivity index (χ3n) is 6.91. The van der Waals surface area contributed by atoms with Crippen molar-refractivity contribution in [1.82, 2.24) is 9.88 Å². The number of rotatable bonds is 3. The number of aliphatic hydroxyl groups is 1. The molecular weight excluding hydrogens is 332 g/mol. The molecule has 0 bridgehead atoms. The van der Waals surface area contributed by atoms with Crippen molar-refractivity contribution in [1.29, 1.82) is 0 Å². The van der Waals surface area contributed by atoms with Crippen LogP contribution in [0.1, 0.15) is 43.2 Å². The van der Waals surface area contributed by atoms with Crippen LogP contribution in [0.5, 0.6) is 0 Å². The van der Waals surface area contributed by atoms with Crippen LogP contribution >= 0.6 is 0 Å². The molecule has 0 unspecified atom stereocenters. The molecule has 3 aromatic rings. The van der Waals surface area contributed by atoms with E-state index in [-0.39, 0.29) is 0 Å². The molecule has 2 aliphatic rings. The Bertz CT molecular complexity index is 918. The van der Waals surface area contributed by atoms with E-state index in [9.17, 15) is 5.11 Å². The molecule has 3 heteroatoms. The number of fused-ring (bicyclic) bond motifs is 2. The lowest BCUT2D eigenvalue weighted by Crippen LogP contribution is -2.57. The van der Waals surface area contributed by atoms with E-state index in [0.717, 1.165) is 31.5 Å². The molecule has 2 heterocycles. The van der Waals surface area contributed by atoms with Gasteiger partial charge in [0.25, 0.3) is 0 Å². The Morgan fingerprint density at radius 2 is 1.78 bits per heavy atom. The van der Waals surface area contributed by atoms with Gasteiger partial charge in [-0.25, -0.2) is 0 Å². The first-order chi connectivity index (χ1) is 13.3. The average Bonchev–Trinajstić information content (AvgIpc) is 3.14. The normalized spacial score (nSPS) is 28.9. The Hall–Kier alpha value is -2.10. The predicted octanol–water partition coefficient (Wildman–Crippen LogP) is 4.82.